The minimum atomic E-state index is 0.640. The summed E-state index contributed by atoms with van der Waals surface area (Å²) in [7, 11) is 0. The highest BCUT2D eigenvalue weighted by molar-refractivity contribution is 8.00. The van der Waals surface area contributed by atoms with Gasteiger partial charge >= 0.3 is 0 Å². The fourth-order valence-corrected chi connectivity index (χ4v) is 12.4. The molecule has 63 heavy (non-hydrogen) atoms. The summed E-state index contributed by atoms with van der Waals surface area (Å²) in [5.74, 6) is 1.95. The minimum Gasteiger partial charge on any atom is -0.308 e. The number of benzene rings is 9. The lowest BCUT2D eigenvalue weighted by Crippen LogP contribution is -2.17. The monoisotopic (exact) mass is 859 g/mol. The van der Waals surface area contributed by atoms with Crippen molar-refractivity contribution in [2.75, 3.05) is 9.80 Å². The van der Waals surface area contributed by atoms with E-state index < -0.39 is 0 Å². The molecular weight excluding hydrogens is 827 g/mol. The van der Waals surface area contributed by atoms with Crippen molar-refractivity contribution in [3.8, 4) is 34.2 Å². The first kappa shape index (κ1) is 36.4. The molecule has 296 valence electrons. The number of fused-ring (bicyclic) bond motifs is 8. The zero-order valence-electron chi connectivity index (χ0n) is 33.5. The van der Waals surface area contributed by atoms with Crippen LogP contribution >= 0.6 is 34.9 Å². The molecule has 0 saturated carbocycles. The molecule has 0 saturated heterocycles. The minimum absolute atomic E-state index is 0.640. The number of aromatic nitrogens is 3. The summed E-state index contributed by atoms with van der Waals surface area (Å²) in [4.78, 5) is 25.3. The average Bonchev–Trinajstić information content (AvgIpc) is 3.73. The lowest BCUT2D eigenvalue weighted by Gasteiger charge is -2.36. The van der Waals surface area contributed by atoms with E-state index in [-0.39, 0.29) is 0 Å². The average molecular weight is 860 g/mol. The number of hydrogen-bond acceptors (Lipinski definition) is 8. The van der Waals surface area contributed by atoms with Gasteiger partial charge in [-0.15, -0.1) is 11.3 Å². The fourth-order valence-electron chi connectivity index (χ4n) is 8.99. The third kappa shape index (κ3) is 6.05. The summed E-state index contributed by atoms with van der Waals surface area (Å²) >= 11 is 5.45. The van der Waals surface area contributed by atoms with E-state index in [0.717, 1.165) is 50.2 Å². The molecule has 0 aliphatic carbocycles. The van der Waals surface area contributed by atoms with E-state index >= 15 is 0 Å². The van der Waals surface area contributed by atoms with Gasteiger partial charge in [-0.3, -0.25) is 0 Å². The van der Waals surface area contributed by atoms with Crippen LogP contribution in [0.4, 0.5) is 34.1 Å². The number of thiophene rings is 1. The molecule has 9 aromatic carbocycles. The van der Waals surface area contributed by atoms with Gasteiger partial charge in [-0.2, -0.15) is 0 Å². The van der Waals surface area contributed by atoms with Gasteiger partial charge in [0.15, 0.2) is 17.5 Å². The number of nitrogens with zero attached hydrogens (tertiary/aromatic N) is 5. The Bertz CT molecular complexity index is 3580. The van der Waals surface area contributed by atoms with Crippen LogP contribution in [0.3, 0.4) is 0 Å². The molecule has 0 unspecified atom stereocenters. The van der Waals surface area contributed by atoms with E-state index in [1.165, 1.54) is 51.1 Å². The van der Waals surface area contributed by atoms with Crippen LogP contribution < -0.4 is 9.80 Å². The molecule has 2 aliphatic heterocycles. The van der Waals surface area contributed by atoms with Crippen molar-refractivity contribution in [2.24, 2.45) is 0 Å². The van der Waals surface area contributed by atoms with Crippen LogP contribution in [0.1, 0.15) is 0 Å². The molecular formula is C55H33N5S3. The van der Waals surface area contributed by atoms with Crippen molar-refractivity contribution in [3.63, 3.8) is 0 Å². The molecule has 4 heterocycles. The maximum atomic E-state index is 5.24. The van der Waals surface area contributed by atoms with Gasteiger partial charge in [0.1, 0.15) is 0 Å². The van der Waals surface area contributed by atoms with Gasteiger partial charge in [-0.25, -0.2) is 15.0 Å². The van der Waals surface area contributed by atoms with Crippen molar-refractivity contribution >= 4 is 99.9 Å². The molecule has 0 radical (unpaired) electrons. The second-order valence-corrected chi connectivity index (χ2v) is 18.8. The van der Waals surface area contributed by atoms with Crippen LogP contribution in [0.25, 0.3) is 65.1 Å². The van der Waals surface area contributed by atoms with E-state index in [1.54, 1.807) is 11.3 Å². The Labute approximate surface area is 376 Å². The Hall–Kier alpha value is -7.23. The molecule has 0 amide bonds. The van der Waals surface area contributed by atoms with Crippen molar-refractivity contribution in [1.82, 2.24) is 15.0 Å². The van der Waals surface area contributed by atoms with Gasteiger partial charge in [-0.05, 0) is 84.2 Å². The zero-order chi connectivity index (χ0) is 41.4. The first-order valence-corrected chi connectivity index (χ1v) is 23.3. The maximum absolute atomic E-state index is 5.24. The molecule has 0 fully saturated rings. The van der Waals surface area contributed by atoms with Gasteiger partial charge in [0.25, 0.3) is 0 Å². The van der Waals surface area contributed by atoms with Gasteiger partial charge in [0, 0.05) is 67.5 Å². The number of para-hydroxylation sites is 3. The molecule has 0 bridgehead atoms. The van der Waals surface area contributed by atoms with Gasteiger partial charge in [0.2, 0.25) is 0 Å². The molecule has 8 heteroatoms. The van der Waals surface area contributed by atoms with E-state index in [9.17, 15) is 0 Å². The molecule has 5 nitrogen and oxygen atoms in total. The van der Waals surface area contributed by atoms with Crippen LogP contribution in [-0.2, 0) is 0 Å². The third-order valence-electron chi connectivity index (χ3n) is 11.9. The SMILES string of the molecule is c1ccc(-c2nc(-c3ccc4c(N5c6ccccc6Sc6cc(N7c8ccccc8Sc8ccccc87)ccc65)cccc4c3)nc(-c3cccc4c3sc3ccccc34)n2)cc1. The largest absolute Gasteiger partial charge is 0.308 e. The van der Waals surface area contributed by atoms with E-state index in [0.29, 0.717) is 17.5 Å². The van der Waals surface area contributed by atoms with Crippen LogP contribution in [0.15, 0.2) is 220 Å². The topological polar surface area (TPSA) is 45.2 Å². The van der Waals surface area contributed by atoms with Gasteiger partial charge in [0.05, 0.1) is 28.4 Å². The summed E-state index contributed by atoms with van der Waals surface area (Å²) in [6, 6.07) is 71.5. The fraction of sp³-hybridized carbons (Fsp3) is 0. The molecule has 0 spiro atoms. The molecule has 11 aromatic rings. The van der Waals surface area contributed by atoms with Crippen molar-refractivity contribution < 1.29 is 0 Å². The molecule has 2 aromatic heterocycles. The van der Waals surface area contributed by atoms with E-state index in [2.05, 4.69) is 192 Å². The maximum Gasteiger partial charge on any atom is 0.165 e. The highest BCUT2D eigenvalue weighted by Gasteiger charge is 2.29. The Kier molecular flexibility index (Phi) is 8.50. The summed E-state index contributed by atoms with van der Waals surface area (Å²) in [5.41, 5.74) is 9.85. The number of hydrogen-bond donors (Lipinski definition) is 0. The van der Waals surface area contributed by atoms with Crippen LogP contribution in [-0.4, -0.2) is 15.0 Å². The van der Waals surface area contributed by atoms with Gasteiger partial charge in [-0.1, -0.05) is 145 Å². The van der Waals surface area contributed by atoms with Crippen molar-refractivity contribution in [1.29, 1.82) is 0 Å². The summed E-state index contributed by atoms with van der Waals surface area (Å²) < 4.78 is 2.42. The summed E-state index contributed by atoms with van der Waals surface area (Å²) in [6.45, 7) is 0. The molecule has 13 rings (SSSR count). The summed E-state index contributed by atoms with van der Waals surface area (Å²) in [5, 5.41) is 4.71. The Morgan fingerprint density at radius 3 is 1.71 bits per heavy atom. The van der Waals surface area contributed by atoms with Gasteiger partial charge < -0.3 is 9.80 Å². The highest BCUT2D eigenvalue weighted by atomic mass is 32.2. The molecule has 0 N–H and O–H groups in total. The van der Waals surface area contributed by atoms with E-state index in [4.69, 9.17) is 15.0 Å². The first-order chi connectivity index (χ1) is 31.2. The number of rotatable bonds is 5. The van der Waals surface area contributed by atoms with E-state index in [1.807, 2.05) is 41.7 Å². The normalized spacial score (nSPS) is 12.9. The predicted molar refractivity (Wildman–Crippen MR) is 264 cm³/mol. The van der Waals surface area contributed by atoms with Crippen molar-refractivity contribution in [3.05, 3.63) is 200 Å². The standard InChI is InChI=1S/C55H33N5S3/c1-2-14-34(15-3-1)53-56-54(58-55(57-53)41-19-13-18-40-39-17-4-8-24-47(39)63-52(40)41)36-28-30-38-35(32-36)16-12-23-42(38)60-45-22-7-11-27-50(45)62-51-33-37(29-31-46(51)60)59-43-20-5-9-25-48(43)61-49-26-10-6-21-44(49)59/h1-33H. The first-order valence-electron chi connectivity index (χ1n) is 20.8. The Balaban J connectivity index is 0.940. The third-order valence-corrected chi connectivity index (χ3v) is 15.3. The van der Waals surface area contributed by atoms with Crippen molar-refractivity contribution in [2.45, 2.75) is 19.6 Å². The smallest absolute Gasteiger partial charge is 0.165 e. The second-order valence-electron chi connectivity index (χ2n) is 15.6. The molecule has 0 atom stereocenters. The lowest BCUT2D eigenvalue weighted by atomic mass is 10.0. The zero-order valence-corrected chi connectivity index (χ0v) is 36.0. The predicted octanol–water partition coefficient (Wildman–Crippen LogP) is 16.3. The molecule has 2 aliphatic rings. The van der Waals surface area contributed by atoms with Crippen LogP contribution in [0, 0.1) is 0 Å². The van der Waals surface area contributed by atoms with Crippen LogP contribution in [0.2, 0.25) is 0 Å². The van der Waals surface area contributed by atoms with Crippen LogP contribution in [0.5, 0.6) is 0 Å². The lowest BCUT2D eigenvalue weighted by molar-refractivity contribution is 1.08. The highest BCUT2D eigenvalue weighted by Crippen LogP contribution is 2.56. The number of anilines is 6. The quantitative estimate of drug-likeness (QED) is 0.171. The Morgan fingerprint density at radius 2 is 0.937 bits per heavy atom. The Morgan fingerprint density at radius 1 is 0.349 bits per heavy atom. The second kappa shape index (κ2) is 14.7. The summed E-state index contributed by atoms with van der Waals surface area (Å²) in [6.07, 6.45) is 0.